The van der Waals surface area contributed by atoms with Crippen LogP contribution in [0.2, 0.25) is 0 Å². The van der Waals surface area contributed by atoms with Crippen LogP contribution >= 0.6 is 11.3 Å². The Labute approximate surface area is 183 Å². The van der Waals surface area contributed by atoms with Gasteiger partial charge in [0.25, 0.3) is 5.56 Å². The number of nitrogens with one attached hydrogen (secondary N) is 2. The Morgan fingerprint density at radius 3 is 2.23 bits per heavy atom. The number of fused-ring (bicyclic) bond motifs is 1. The van der Waals surface area contributed by atoms with Crippen molar-refractivity contribution in [2.45, 2.75) is 51.6 Å². The Balaban J connectivity index is 0.000000330. The van der Waals surface area contributed by atoms with E-state index in [2.05, 4.69) is 29.1 Å². The largest absolute Gasteiger partial charge is 0.475 e. The molecule has 0 aliphatic rings. The number of aromatic carboxylic acids is 1. The number of H-pyrrole nitrogens is 1. The summed E-state index contributed by atoms with van der Waals surface area (Å²) in [5.41, 5.74) is 0.619. The minimum atomic E-state index is -1.55. The zero-order chi connectivity index (χ0) is 23.9. The fourth-order valence-corrected chi connectivity index (χ4v) is 3.88. The van der Waals surface area contributed by atoms with Gasteiger partial charge >= 0.3 is 5.97 Å². The monoisotopic (exact) mass is 461 g/mol. The summed E-state index contributed by atoms with van der Waals surface area (Å²) in [4.78, 5) is 30.6. The molecule has 0 spiro atoms. The van der Waals surface area contributed by atoms with Gasteiger partial charge in [-0.15, -0.1) is 11.3 Å². The lowest BCUT2D eigenvalue weighted by Crippen LogP contribution is -2.48. The minimum Gasteiger partial charge on any atom is -0.475 e. The highest BCUT2D eigenvalue weighted by atomic mass is 32.1. The number of hydrogen-bond donors (Lipinski definition) is 8. The maximum Gasteiger partial charge on any atom is 0.372 e. The molecule has 31 heavy (non-hydrogen) atoms. The number of carboxylic acids is 1. The van der Waals surface area contributed by atoms with Crippen LogP contribution < -0.4 is 10.9 Å². The molecule has 12 heteroatoms. The number of carboxylic acid groups (broad SMARTS) is 1. The number of rotatable bonds is 9. The third-order valence-electron chi connectivity index (χ3n) is 4.42. The number of aliphatic hydroxyl groups excluding tert-OH is 5. The summed E-state index contributed by atoms with van der Waals surface area (Å²) in [6.07, 6.45) is -4.85. The predicted octanol–water partition coefficient (Wildman–Crippen LogP) is -1.17. The molecule has 0 unspecified atom stereocenters. The number of likely N-dealkylation sites (N-methyl/N-ethyl adjacent to an activating group) is 1. The Morgan fingerprint density at radius 2 is 1.74 bits per heavy atom. The lowest BCUT2D eigenvalue weighted by atomic mass is 10.0. The van der Waals surface area contributed by atoms with Crippen LogP contribution in [-0.2, 0) is 6.42 Å². The standard InChI is InChI=1S/C12H14N2O3S.C7H17NO5/c1-5(2)4-7-6(3)18-11-8(7)10(15)13-9(14-11)12(16)17;1-8-2-4(10)6(12)7(13)5(11)3-9/h5H,4H2,1-3H3,(H,16,17)(H,13,14,15);4-13H,2-3H2,1H3/t;4-,5+,6+,7+/m.0/s1. The quantitative estimate of drug-likeness (QED) is 0.225. The number of thiophene rings is 1. The van der Waals surface area contributed by atoms with Crippen molar-refractivity contribution >= 4 is 27.5 Å². The van der Waals surface area contributed by atoms with Crippen LogP contribution in [0.5, 0.6) is 0 Å². The molecule has 2 rings (SSSR count). The van der Waals surface area contributed by atoms with Crippen molar-refractivity contribution < 1.29 is 35.4 Å². The summed E-state index contributed by atoms with van der Waals surface area (Å²) < 4.78 is 0. The van der Waals surface area contributed by atoms with Crippen LogP contribution in [0, 0.1) is 12.8 Å². The van der Waals surface area contributed by atoms with E-state index in [1.54, 1.807) is 7.05 Å². The van der Waals surface area contributed by atoms with E-state index >= 15 is 0 Å². The molecule has 0 amide bonds. The molecule has 2 aromatic heterocycles. The SMILES string of the molecule is CNC[C@H](O)[C@@H](O)[C@H](O)[C@H](O)CO.Cc1sc2nc(C(=O)O)[nH]c(=O)c2c1CC(C)C. The van der Waals surface area contributed by atoms with Crippen molar-refractivity contribution in [3.05, 3.63) is 26.6 Å². The van der Waals surface area contributed by atoms with Crippen LogP contribution in [0.25, 0.3) is 10.2 Å². The van der Waals surface area contributed by atoms with Gasteiger partial charge in [-0.3, -0.25) is 4.79 Å². The van der Waals surface area contributed by atoms with E-state index in [0.29, 0.717) is 16.1 Å². The van der Waals surface area contributed by atoms with Crippen LogP contribution in [0.4, 0.5) is 0 Å². The summed E-state index contributed by atoms with van der Waals surface area (Å²) in [6, 6.07) is 0. The van der Waals surface area contributed by atoms with Crippen LogP contribution in [0.15, 0.2) is 4.79 Å². The summed E-state index contributed by atoms with van der Waals surface area (Å²) in [5, 5.41) is 56.9. The highest BCUT2D eigenvalue weighted by Crippen LogP contribution is 2.28. The van der Waals surface area contributed by atoms with Crippen LogP contribution in [0.1, 0.15) is 34.9 Å². The molecule has 2 aromatic rings. The first-order valence-corrected chi connectivity index (χ1v) is 10.5. The minimum absolute atomic E-state index is 0.0936. The molecule has 8 N–H and O–H groups in total. The fourth-order valence-electron chi connectivity index (χ4n) is 2.82. The molecule has 176 valence electrons. The van der Waals surface area contributed by atoms with E-state index in [1.807, 2.05) is 6.92 Å². The average molecular weight is 462 g/mol. The number of carbonyl (C=O) groups is 1. The average Bonchev–Trinajstić information content (AvgIpc) is 3.01. The van der Waals surface area contributed by atoms with Crippen molar-refractivity contribution in [2.24, 2.45) is 5.92 Å². The first kappa shape index (κ1) is 27.1. The molecule has 11 nitrogen and oxygen atoms in total. The molecule has 0 aromatic carbocycles. The molecule has 0 bridgehead atoms. The first-order chi connectivity index (χ1) is 14.4. The van der Waals surface area contributed by atoms with Crippen molar-refractivity contribution in [2.75, 3.05) is 20.2 Å². The second-order valence-corrected chi connectivity index (χ2v) is 8.69. The number of hydrogen-bond acceptors (Lipinski definition) is 10. The second-order valence-electron chi connectivity index (χ2n) is 7.49. The molecule has 0 saturated carbocycles. The van der Waals surface area contributed by atoms with E-state index in [4.69, 9.17) is 25.5 Å². The van der Waals surface area contributed by atoms with Gasteiger partial charge in [0.05, 0.1) is 18.1 Å². The van der Waals surface area contributed by atoms with Crippen molar-refractivity contribution in [1.29, 1.82) is 0 Å². The van der Waals surface area contributed by atoms with Gasteiger partial charge in [0.15, 0.2) is 0 Å². The van der Waals surface area contributed by atoms with Gasteiger partial charge in [0.1, 0.15) is 23.1 Å². The van der Waals surface area contributed by atoms with E-state index in [9.17, 15) is 14.7 Å². The molecule has 0 fully saturated rings. The predicted molar refractivity (Wildman–Crippen MR) is 116 cm³/mol. The van der Waals surface area contributed by atoms with Gasteiger partial charge in [0.2, 0.25) is 5.82 Å². The number of aromatic amines is 1. The highest BCUT2D eigenvalue weighted by Gasteiger charge is 2.29. The molecule has 4 atom stereocenters. The van der Waals surface area contributed by atoms with E-state index in [0.717, 1.165) is 16.9 Å². The zero-order valence-corrected chi connectivity index (χ0v) is 18.7. The summed E-state index contributed by atoms with van der Waals surface area (Å²) >= 11 is 1.37. The number of aromatic nitrogens is 2. The lowest BCUT2D eigenvalue weighted by molar-refractivity contribution is -0.113. The van der Waals surface area contributed by atoms with E-state index in [1.165, 1.54) is 11.3 Å². The highest BCUT2D eigenvalue weighted by molar-refractivity contribution is 7.18. The molecular weight excluding hydrogens is 430 g/mol. The van der Waals surface area contributed by atoms with Gasteiger partial charge in [-0.05, 0) is 31.9 Å². The molecule has 0 radical (unpaired) electrons. The fraction of sp³-hybridized carbons (Fsp3) is 0.632. The topological polar surface area (TPSA) is 196 Å². The maximum atomic E-state index is 12.0. The summed E-state index contributed by atoms with van der Waals surface area (Å²) in [7, 11) is 1.57. The van der Waals surface area contributed by atoms with Gasteiger partial charge in [-0.25, -0.2) is 9.78 Å². The normalized spacial score (nSPS) is 15.3. The van der Waals surface area contributed by atoms with Crippen molar-refractivity contribution in [3.8, 4) is 0 Å². The summed E-state index contributed by atoms with van der Waals surface area (Å²) in [6.45, 7) is 5.52. The van der Waals surface area contributed by atoms with Gasteiger partial charge < -0.3 is 40.9 Å². The number of nitrogens with zero attached hydrogens (tertiary/aromatic N) is 1. The summed E-state index contributed by atoms with van der Waals surface area (Å²) in [5.74, 6) is -1.09. The number of aliphatic hydroxyl groups is 5. The van der Waals surface area contributed by atoms with Crippen LogP contribution in [0.3, 0.4) is 0 Å². The Morgan fingerprint density at radius 1 is 1.16 bits per heavy atom. The molecule has 2 heterocycles. The zero-order valence-electron chi connectivity index (χ0n) is 17.9. The van der Waals surface area contributed by atoms with Crippen LogP contribution in [-0.4, -0.2) is 91.2 Å². The van der Waals surface area contributed by atoms with E-state index in [-0.39, 0.29) is 17.9 Å². The Hall–Kier alpha value is -1.93. The van der Waals surface area contributed by atoms with Crippen molar-refractivity contribution in [1.82, 2.24) is 15.3 Å². The molecule has 0 aliphatic carbocycles. The first-order valence-electron chi connectivity index (χ1n) is 9.67. The Bertz CT molecular complexity index is 913. The number of aryl methyl sites for hydroxylation is 1. The second kappa shape index (κ2) is 12.2. The van der Waals surface area contributed by atoms with E-state index < -0.39 is 37.0 Å². The van der Waals surface area contributed by atoms with Gasteiger partial charge in [-0.2, -0.15) is 0 Å². The third kappa shape index (κ3) is 7.31. The van der Waals surface area contributed by atoms with Crippen molar-refractivity contribution in [3.63, 3.8) is 0 Å². The smallest absolute Gasteiger partial charge is 0.372 e. The lowest BCUT2D eigenvalue weighted by Gasteiger charge is -2.25. The third-order valence-corrected chi connectivity index (χ3v) is 5.46. The molecule has 0 aliphatic heterocycles. The van der Waals surface area contributed by atoms with Gasteiger partial charge in [-0.1, -0.05) is 13.8 Å². The maximum absolute atomic E-state index is 12.0. The molecular formula is C19H31N3O8S. The Kier molecular flexibility index (Phi) is 10.7. The van der Waals surface area contributed by atoms with Gasteiger partial charge in [0, 0.05) is 11.4 Å². The molecule has 0 saturated heterocycles.